The van der Waals surface area contributed by atoms with Gasteiger partial charge in [0.2, 0.25) is 0 Å². The van der Waals surface area contributed by atoms with Crippen LogP contribution in [0.4, 0.5) is 0 Å². The highest BCUT2D eigenvalue weighted by Crippen LogP contribution is 2.60. The van der Waals surface area contributed by atoms with E-state index in [1.165, 1.54) is 57.8 Å². The van der Waals surface area contributed by atoms with Gasteiger partial charge in [-0.15, -0.1) is 0 Å². The maximum Gasteiger partial charge on any atom is 0.309 e. The van der Waals surface area contributed by atoms with Gasteiger partial charge in [0.15, 0.2) is 0 Å². The Hall–Kier alpha value is -0.530. The van der Waals surface area contributed by atoms with Crippen LogP contribution in [0.15, 0.2) is 0 Å². The molecule has 6 saturated carbocycles. The molecule has 0 aromatic carbocycles. The first kappa shape index (κ1) is 13.9. The molecule has 6 aliphatic carbocycles. The minimum absolute atomic E-state index is 0.162. The predicted molar refractivity (Wildman–Crippen MR) is 85.0 cm³/mol. The van der Waals surface area contributed by atoms with E-state index in [2.05, 4.69) is 6.92 Å². The SMILES string of the molecule is C[C@@H]1C2CCC(C2)C1C(=O)OCC12CC3CC(CC(C3)C1)C2. The van der Waals surface area contributed by atoms with Crippen molar-refractivity contribution >= 4 is 5.97 Å². The predicted octanol–water partition coefficient (Wildman–Crippen LogP) is 4.43. The fourth-order valence-electron chi connectivity index (χ4n) is 7.77. The fraction of sp³-hybridized carbons (Fsp3) is 0.950. The summed E-state index contributed by atoms with van der Waals surface area (Å²) in [6.45, 7) is 3.04. The van der Waals surface area contributed by atoms with Gasteiger partial charge in [-0.1, -0.05) is 6.92 Å². The smallest absolute Gasteiger partial charge is 0.309 e. The number of hydrogen-bond donors (Lipinski definition) is 0. The van der Waals surface area contributed by atoms with Crippen molar-refractivity contribution in [2.45, 2.75) is 64.7 Å². The van der Waals surface area contributed by atoms with Gasteiger partial charge in [0, 0.05) is 5.41 Å². The van der Waals surface area contributed by atoms with Gasteiger partial charge in [0.05, 0.1) is 12.5 Å². The average molecular weight is 302 g/mol. The zero-order valence-corrected chi connectivity index (χ0v) is 13.9. The average Bonchev–Trinajstić information content (AvgIpc) is 3.04. The molecule has 0 aromatic heterocycles. The first-order chi connectivity index (χ1) is 10.6. The molecule has 0 saturated heterocycles. The summed E-state index contributed by atoms with van der Waals surface area (Å²) < 4.78 is 5.99. The molecular formula is C20H30O2. The van der Waals surface area contributed by atoms with E-state index in [1.54, 1.807) is 0 Å². The van der Waals surface area contributed by atoms with Crippen molar-refractivity contribution in [3.05, 3.63) is 0 Å². The van der Waals surface area contributed by atoms with Gasteiger partial charge in [-0.3, -0.25) is 4.79 Å². The molecule has 4 atom stereocenters. The fourth-order valence-corrected chi connectivity index (χ4v) is 7.77. The van der Waals surface area contributed by atoms with E-state index < -0.39 is 0 Å². The van der Waals surface area contributed by atoms with Crippen LogP contribution in [0.25, 0.3) is 0 Å². The van der Waals surface area contributed by atoms with Crippen LogP contribution < -0.4 is 0 Å². The van der Waals surface area contributed by atoms with Crippen molar-refractivity contribution in [1.29, 1.82) is 0 Å². The van der Waals surface area contributed by atoms with Crippen LogP contribution in [0.2, 0.25) is 0 Å². The molecule has 22 heavy (non-hydrogen) atoms. The summed E-state index contributed by atoms with van der Waals surface area (Å²) in [6, 6.07) is 0. The highest BCUT2D eigenvalue weighted by molar-refractivity contribution is 5.74. The van der Waals surface area contributed by atoms with Gasteiger partial charge in [-0.25, -0.2) is 0 Å². The molecule has 0 heterocycles. The van der Waals surface area contributed by atoms with Crippen LogP contribution in [0.5, 0.6) is 0 Å². The highest BCUT2D eigenvalue weighted by Gasteiger charge is 2.53. The molecule has 122 valence electrons. The lowest BCUT2D eigenvalue weighted by Gasteiger charge is -2.56. The Morgan fingerprint density at radius 3 is 2.09 bits per heavy atom. The monoisotopic (exact) mass is 302 g/mol. The molecule has 3 unspecified atom stereocenters. The summed E-state index contributed by atoms with van der Waals surface area (Å²) in [7, 11) is 0. The summed E-state index contributed by atoms with van der Waals surface area (Å²) in [6.07, 6.45) is 12.4. The maximum atomic E-state index is 12.7. The van der Waals surface area contributed by atoms with Gasteiger partial charge in [0.25, 0.3) is 0 Å². The Bertz CT molecular complexity index is 445. The number of carbonyl (C=O) groups excluding carboxylic acids is 1. The maximum absolute atomic E-state index is 12.7. The molecule has 0 spiro atoms. The molecule has 0 amide bonds. The molecule has 6 rings (SSSR count). The standard InChI is InChI=1S/C20H30O2/c1-12-16-2-3-17(7-16)18(12)19(21)22-11-20-8-13-4-14(9-20)6-15(5-13)10-20/h12-18H,2-11H2,1H3/t12-,13?,14?,15?,16?,17?,18?,20?/m1/s1. The molecule has 6 fully saturated rings. The number of rotatable bonds is 3. The summed E-state index contributed by atoms with van der Waals surface area (Å²) in [5.74, 6) is 5.26. The molecular weight excluding hydrogens is 272 g/mol. The van der Waals surface area contributed by atoms with Crippen molar-refractivity contribution < 1.29 is 9.53 Å². The van der Waals surface area contributed by atoms with Gasteiger partial charge >= 0.3 is 5.97 Å². The molecule has 0 N–H and O–H groups in total. The van der Waals surface area contributed by atoms with Crippen LogP contribution in [0.1, 0.15) is 64.7 Å². The molecule has 0 radical (unpaired) electrons. The lowest BCUT2D eigenvalue weighted by Crippen LogP contribution is -2.48. The van der Waals surface area contributed by atoms with Gasteiger partial charge in [-0.05, 0) is 93.3 Å². The summed E-state index contributed by atoms with van der Waals surface area (Å²) in [5.41, 5.74) is 0.380. The minimum Gasteiger partial charge on any atom is -0.465 e. The molecule has 6 aliphatic rings. The van der Waals surface area contributed by atoms with Gasteiger partial charge in [0.1, 0.15) is 0 Å². The van der Waals surface area contributed by atoms with E-state index in [4.69, 9.17) is 4.74 Å². The molecule has 0 aromatic rings. The summed E-state index contributed by atoms with van der Waals surface area (Å²) >= 11 is 0. The topological polar surface area (TPSA) is 26.3 Å². The molecule has 0 aliphatic heterocycles. The zero-order chi connectivity index (χ0) is 14.9. The highest BCUT2D eigenvalue weighted by atomic mass is 16.5. The van der Waals surface area contributed by atoms with Crippen molar-refractivity contribution in [2.75, 3.05) is 6.61 Å². The Morgan fingerprint density at radius 2 is 1.55 bits per heavy atom. The summed E-state index contributed by atoms with van der Waals surface area (Å²) in [4.78, 5) is 12.7. The van der Waals surface area contributed by atoms with Crippen LogP contribution >= 0.6 is 0 Å². The second kappa shape index (κ2) is 4.74. The Labute approximate surface area is 134 Å². The number of carbonyl (C=O) groups is 1. The zero-order valence-electron chi connectivity index (χ0n) is 13.9. The Balaban J connectivity index is 1.25. The second-order valence-electron chi connectivity index (χ2n) is 9.74. The van der Waals surface area contributed by atoms with Crippen molar-refractivity contribution in [3.63, 3.8) is 0 Å². The van der Waals surface area contributed by atoms with E-state index in [1.807, 2.05) is 0 Å². The van der Waals surface area contributed by atoms with E-state index in [9.17, 15) is 4.79 Å². The van der Waals surface area contributed by atoms with Crippen LogP contribution in [0.3, 0.4) is 0 Å². The van der Waals surface area contributed by atoms with E-state index in [0.717, 1.165) is 30.3 Å². The molecule has 2 nitrogen and oxygen atoms in total. The first-order valence-corrected chi connectivity index (χ1v) is 9.78. The lowest BCUT2D eigenvalue weighted by molar-refractivity contribution is -0.163. The number of fused-ring (bicyclic) bond motifs is 2. The van der Waals surface area contributed by atoms with Crippen LogP contribution in [0, 0.1) is 46.8 Å². The van der Waals surface area contributed by atoms with E-state index >= 15 is 0 Å². The Morgan fingerprint density at radius 1 is 0.955 bits per heavy atom. The quantitative estimate of drug-likeness (QED) is 0.721. The molecule has 6 bridgehead atoms. The van der Waals surface area contributed by atoms with Crippen molar-refractivity contribution in [3.8, 4) is 0 Å². The number of esters is 1. The van der Waals surface area contributed by atoms with Gasteiger partial charge in [-0.2, -0.15) is 0 Å². The normalized spacial score (nSPS) is 54.9. The minimum atomic E-state index is 0.162. The van der Waals surface area contributed by atoms with Crippen molar-refractivity contribution in [2.24, 2.45) is 46.8 Å². The number of hydrogen-bond acceptors (Lipinski definition) is 2. The van der Waals surface area contributed by atoms with Crippen LogP contribution in [-0.2, 0) is 9.53 Å². The Kier molecular flexibility index (Phi) is 2.99. The van der Waals surface area contributed by atoms with E-state index in [-0.39, 0.29) is 11.9 Å². The van der Waals surface area contributed by atoms with Gasteiger partial charge < -0.3 is 4.74 Å². The van der Waals surface area contributed by atoms with E-state index in [0.29, 0.717) is 17.3 Å². The third-order valence-corrected chi connectivity index (χ3v) is 8.29. The second-order valence-corrected chi connectivity index (χ2v) is 9.74. The third kappa shape index (κ3) is 2.01. The summed E-state index contributed by atoms with van der Waals surface area (Å²) in [5, 5.41) is 0. The van der Waals surface area contributed by atoms with Crippen LogP contribution in [-0.4, -0.2) is 12.6 Å². The molecule has 2 heteroatoms. The number of ether oxygens (including phenoxy) is 1. The lowest BCUT2D eigenvalue weighted by atomic mass is 9.50. The van der Waals surface area contributed by atoms with Crippen molar-refractivity contribution in [1.82, 2.24) is 0 Å². The largest absolute Gasteiger partial charge is 0.465 e. The first-order valence-electron chi connectivity index (χ1n) is 9.78. The third-order valence-electron chi connectivity index (χ3n) is 8.29.